The number of hydrogen-bond donors (Lipinski definition) is 2. The molecule has 1 atom stereocenters. The van der Waals surface area contributed by atoms with Gasteiger partial charge in [0.1, 0.15) is 17.3 Å². The minimum atomic E-state index is -0.755. The van der Waals surface area contributed by atoms with Crippen LogP contribution in [0.15, 0.2) is 18.2 Å². The van der Waals surface area contributed by atoms with Crippen LogP contribution in [0.25, 0.3) is 0 Å². The predicted octanol–water partition coefficient (Wildman–Crippen LogP) is 1.83. The Hall–Kier alpha value is -1.53. The molecule has 0 aliphatic carbocycles. The maximum absolute atomic E-state index is 13.5. The van der Waals surface area contributed by atoms with Crippen molar-refractivity contribution in [2.24, 2.45) is 5.92 Å². The standard InChI is InChI=1S/C15H21F2N3O/c1-18-8-11-4-3-7-20(9-11)10-14(21)19-15-12(16)5-2-6-13(15)17/h2,5-6,11,18H,3-4,7-10H2,1H3,(H,19,21). The second kappa shape index (κ2) is 7.47. The maximum Gasteiger partial charge on any atom is 0.238 e. The molecule has 116 valence electrons. The third-order valence-corrected chi connectivity index (χ3v) is 3.69. The molecule has 4 nitrogen and oxygen atoms in total. The molecule has 1 amide bonds. The van der Waals surface area contributed by atoms with Gasteiger partial charge in [-0.15, -0.1) is 0 Å². The number of rotatable bonds is 5. The van der Waals surface area contributed by atoms with E-state index in [9.17, 15) is 13.6 Å². The summed E-state index contributed by atoms with van der Waals surface area (Å²) >= 11 is 0. The van der Waals surface area contributed by atoms with Gasteiger partial charge in [-0.3, -0.25) is 9.69 Å². The average Bonchev–Trinajstić information content (AvgIpc) is 2.44. The van der Waals surface area contributed by atoms with Crippen molar-refractivity contribution in [1.29, 1.82) is 0 Å². The summed E-state index contributed by atoms with van der Waals surface area (Å²) in [7, 11) is 1.91. The first-order valence-electron chi connectivity index (χ1n) is 7.21. The smallest absolute Gasteiger partial charge is 0.238 e. The molecule has 1 aromatic carbocycles. The normalized spacial score (nSPS) is 19.5. The summed E-state index contributed by atoms with van der Waals surface area (Å²) in [6, 6.07) is 3.53. The number of likely N-dealkylation sites (tertiary alicyclic amines) is 1. The number of benzene rings is 1. The van der Waals surface area contributed by atoms with Gasteiger partial charge in [0.15, 0.2) is 0 Å². The second-order valence-electron chi connectivity index (χ2n) is 5.45. The summed E-state index contributed by atoms with van der Waals surface area (Å²) in [5.41, 5.74) is -0.369. The SMILES string of the molecule is CNCC1CCCN(CC(=O)Nc2c(F)cccc2F)C1. The van der Waals surface area contributed by atoms with Crippen LogP contribution in [0.2, 0.25) is 0 Å². The lowest BCUT2D eigenvalue weighted by molar-refractivity contribution is -0.117. The zero-order valence-electron chi connectivity index (χ0n) is 12.2. The van der Waals surface area contributed by atoms with Gasteiger partial charge < -0.3 is 10.6 Å². The van der Waals surface area contributed by atoms with E-state index in [0.717, 1.165) is 44.6 Å². The first-order valence-corrected chi connectivity index (χ1v) is 7.21. The van der Waals surface area contributed by atoms with E-state index in [4.69, 9.17) is 0 Å². The van der Waals surface area contributed by atoms with Crippen molar-refractivity contribution in [2.75, 3.05) is 38.5 Å². The van der Waals surface area contributed by atoms with E-state index in [2.05, 4.69) is 10.6 Å². The Balaban J connectivity index is 1.89. The van der Waals surface area contributed by atoms with Gasteiger partial charge in [-0.25, -0.2) is 8.78 Å². The van der Waals surface area contributed by atoms with E-state index < -0.39 is 11.6 Å². The quantitative estimate of drug-likeness (QED) is 0.871. The van der Waals surface area contributed by atoms with E-state index >= 15 is 0 Å². The molecule has 0 aromatic heterocycles. The second-order valence-corrected chi connectivity index (χ2v) is 5.45. The van der Waals surface area contributed by atoms with Crippen LogP contribution >= 0.6 is 0 Å². The number of nitrogens with one attached hydrogen (secondary N) is 2. The lowest BCUT2D eigenvalue weighted by Gasteiger charge is -2.32. The highest BCUT2D eigenvalue weighted by molar-refractivity contribution is 5.92. The zero-order chi connectivity index (χ0) is 15.2. The fraction of sp³-hybridized carbons (Fsp3) is 0.533. The average molecular weight is 297 g/mol. The van der Waals surface area contributed by atoms with Crippen molar-refractivity contribution in [3.8, 4) is 0 Å². The molecule has 1 saturated heterocycles. The van der Waals surface area contributed by atoms with Crippen LogP contribution in [0.1, 0.15) is 12.8 Å². The van der Waals surface area contributed by atoms with Crippen molar-refractivity contribution < 1.29 is 13.6 Å². The fourth-order valence-corrected chi connectivity index (χ4v) is 2.75. The Morgan fingerprint density at radius 2 is 2.10 bits per heavy atom. The summed E-state index contributed by atoms with van der Waals surface area (Å²) in [5.74, 6) is -1.38. The fourth-order valence-electron chi connectivity index (χ4n) is 2.75. The Kier molecular flexibility index (Phi) is 5.64. The molecule has 1 fully saturated rings. The molecule has 0 radical (unpaired) electrons. The number of anilines is 1. The number of amides is 1. The highest BCUT2D eigenvalue weighted by Gasteiger charge is 2.21. The van der Waals surface area contributed by atoms with Crippen LogP contribution in [-0.2, 0) is 4.79 Å². The molecule has 2 rings (SSSR count). The van der Waals surface area contributed by atoms with E-state index in [0.29, 0.717) is 5.92 Å². The number of nitrogens with zero attached hydrogens (tertiary/aromatic N) is 1. The Bertz CT molecular complexity index is 474. The molecule has 1 aliphatic heterocycles. The minimum Gasteiger partial charge on any atom is -0.320 e. The number of hydrogen-bond acceptors (Lipinski definition) is 3. The van der Waals surface area contributed by atoms with Crippen molar-refractivity contribution in [1.82, 2.24) is 10.2 Å². The van der Waals surface area contributed by atoms with Gasteiger partial charge in [0.05, 0.1) is 6.54 Å². The van der Waals surface area contributed by atoms with Gasteiger partial charge >= 0.3 is 0 Å². The molecule has 0 bridgehead atoms. The topological polar surface area (TPSA) is 44.4 Å². The largest absolute Gasteiger partial charge is 0.320 e. The lowest BCUT2D eigenvalue weighted by Crippen LogP contribution is -2.42. The van der Waals surface area contributed by atoms with Gasteiger partial charge in [-0.05, 0) is 51.0 Å². The predicted molar refractivity (Wildman–Crippen MR) is 78.1 cm³/mol. The molecule has 1 aromatic rings. The van der Waals surface area contributed by atoms with Gasteiger partial charge in [0.2, 0.25) is 5.91 Å². The molecular weight excluding hydrogens is 276 g/mol. The Morgan fingerprint density at radius 3 is 2.76 bits per heavy atom. The van der Waals surface area contributed by atoms with Gasteiger partial charge in [-0.1, -0.05) is 6.07 Å². The first-order chi connectivity index (χ1) is 10.1. The Morgan fingerprint density at radius 1 is 1.38 bits per heavy atom. The van der Waals surface area contributed by atoms with Crippen molar-refractivity contribution in [3.05, 3.63) is 29.8 Å². The van der Waals surface area contributed by atoms with E-state index in [-0.39, 0.29) is 18.1 Å². The van der Waals surface area contributed by atoms with Gasteiger partial charge in [-0.2, -0.15) is 0 Å². The number of halogens is 2. The maximum atomic E-state index is 13.5. The number of carbonyl (C=O) groups is 1. The summed E-state index contributed by atoms with van der Waals surface area (Å²) in [4.78, 5) is 14.0. The van der Waals surface area contributed by atoms with Crippen molar-refractivity contribution in [3.63, 3.8) is 0 Å². The summed E-state index contributed by atoms with van der Waals surface area (Å²) in [5, 5.41) is 5.47. The molecule has 2 N–H and O–H groups in total. The Labute approximate surface area is 123 Å². The minimum absolute atomic E-state index is 0.161. The number of piperidine rings is 1. The summed E-state index contributed by atoms with van der Waals surface area (Å²) in [6.07, 6.45) is 2.18. The monoisotopic (exact) mass is 297 g/mol. The van der Waals surface area contributed by atoms with Gasteiger partial charge in [0, 0.05) is 6.54 Å². The third kappa shape index (κ3) is 4.47. The van der Waals surface area contributed by atoms with Crippen molar-refractivity contribution in [2.45, 2.75) is 12.8 Å². The first kappa shape index (κ1) is 15.9. The zero-order valence-corrected chi connectivity index (χ0v) is 12.2. The van der Waals surface area contributed by atoms with Crippen LogP contribution in [0.4, 0.5) is 14.5 Å². The van der Waals surface area contributed by atoms with Crippen LogP contribution in [-0.4, -0.2) is 44.0 Å². The third-order valence-electron chi connectivity index (χ3n) is 3.69. The number of para-hydroxylation sites is 1. The van der Waals surface area contributed by atoms with E-state index in [1.807, 2.05) is 11.9 Å². The molecule has 0 spiro atoms. The molecule has 1 heterocycles. The summed E-state index contributed by atoms with van der Waals surface area (Å²) < 4.78 is 27.0. The van der Waals surface area contributed by atoms with Crippen LogP contribution < -0.4 is 10.6 Å². The molecular formula is C15H21F2N3O. The van der Waals surface area contributed by atoms with Crippen molar-refractivity contribution >= 4 is 11.6 Å². The molecule has 1 unspecified atom stereocenters. The molecule has 1 aliphatic rings. The highest BCUT2D eigenvalue weighted by Crippen LogP contribution is 2.19. The summed E-state index contributed by atoms with van der Waals surface area (Å²) in [6.45, 7) is 2.75. The van der Waals surface area contributed by atoms with E-state index in [1.54, 1.807) is 0 Å². The van der Waals surface area contributed by atoms with Crippen LogP contribution in [0, 0.1) is 17.6 Å². The molecule has 6 heteroatoms. The number of carbonyl (C=O) groups excluding carboxylic acids is 1. The van der Waals surface area contributed by atoms with E-state index in [1.165, 1.54) is 6.07 Å². The molecule has 21 heavy (non-hydrogen) atoms. The van der Waals surface area contributed by atoms with Gasteiger partial charge in [0.25, 0.3) is 0 Å². The van der Waals surface area contributed by atoms with Crippen LogP contribution in [0.5, 0.6) is 0 Å². The van der Waals surface area contributed by atoms with Crippen LogP contribution in [0.3, 0.4) is 0 Å². The lowest BCUT2D eigenvalue weighted by atomic mass is 9.98. The highest BCUT2D eigenvalue weighted by atomic mass is 19.1. The molecule has 0 saturated carbocycles.